The third-order valence-corrected chi connectivity index (χ3v) is 5.36. The van der Waals surface area contributed by atoms with E-state index >= 15 is 0 Å². The summed E-state index contributed by atoms with van der Waals surface area (Å²) < 4.78 is 5.47. The van der Waals surface area contributed by atoms with Crippen LogP contribution in [-0.2, 0) is 10.2 Å². The van der Waals surface area contributed by atoms with Gasteiger partial charge in [-0.15, -0.1) is 0 Å². The Morgan fingerprint density at radius 2 is 1.90 bits per heavy atom. The Morgan fingerprint density at radius 3 is 2.62 bits per heavy atom. The first kappa shape index (κ1) is 14.9. The zero-order valence-corrected chi connectivity index (χ0v) is 13.9. The van der Waals surface area contributed by atoms with Gasteiger partial charge < -0.3 is 10.1 Å². The molecule has 0 unspecified atom stereocenters. The Labute approximate surface area is 131 Å². The number of hydrogen-bond donors (Lipinski definition) is 1. The predicted octanol–water partition coefficient (Wildman–Crippen LogP) is 4.05. The van der Waals surface area contributed by atoms with E-state index in [1.165, 1.54) is 11.3 Å². The molecule has 4 heteroatoms. The number of benzene rings is 1. The van der Waals surface area contributed by atoms with Crippen LogP contribution in [0, 0.1) is 0 Å². The van der Waals surface area contributed by atoms with Gasteiger partial charge in [0.25, 0.3) is 0 Å². The lowest BCUT2D eigenvalue weighted by atomic mass is 9.86. The van der Waals surface area contributed by atoms with Crippen molar-refractivity contribution in [1.82, 2.24) is 0 Å². The highest BCUT2D eigenvalue weighted by molar-refractivity contribution is 8.14. The van der Waals surface area contributed by atoms with Gasteiger partial charge in [-0.25, -0.2) is 0 Å². The molecule has 0 bridgehead atoms. The van der Waals surface area contributed by atoms with Crippen molar-refractivity contribution in [2.45, 2.75) is 44.6 Å². The van der Waals surface area contributed by atoms with Crippen LogP contribution in [0.1, 0.15) is 39.2 Å². The lowest BCUT2D eigenvalue weighted by Gasteiger charge is -2.29. The molecule has 2 heterocycles. The molecule has 1 saturated heterocycles. The van der Waals surface area contributed by atoms with Crippen LogP contribution in [0.4, 0.5) is 5.69 Å². The number of nitrogens with one attached hydrogen (secondary N) is 1. The molecular formula is C17H24N2OS. The van der Waals surface area contributed by atoms with Gasteiger partial charge in [0.2, 0.25) is 0 Å². The smallest absolute Gasteiger partial charge is 0.161 e. The fourth-order valence-electron chi connectivity index (χ4n) is 2.92. The van der Waals surface area contributed by atoms with E-state index in [1.807, 2.05) is 11.8 Å². The van der Waals surface area contributed by atoms with Crippen LogP contribution in [-0.4, -0.2) is 29.7 Å². The van der Waals surface area contributed by atoms with Crippen molar-refractivity contribution in [2.75, 3.05) is 24.3 Å². The Morgan fingerprint density at radius 1 is 1.19 bits per heavy atom. The maximum Gasteiger partial charge on any atom is 0.161 e. The van der Waals surface area contributed by atoms with Crippen molar-refractivity contribution in [1.29, 1.82) is 0 Å². The second-order valence-corrected chi connectivity index (χ2v) is 7.93. The van der Waals surface area contributed by atoms with Crippen LogP contribution in [0.2, 0.25) is 0 Å². The number of para-hydroxylation sites is 1. The van der Waals surface area contributed by atoms with E-state index in [0.29, 0.717) is 0 Å². The van der Waals surface area contributed by atoms with Gasteiger partial charge in [0.05, 0.1) is 5.54 Å². The third kappa shape index (κ3) is 3.27. The molecule has 1 aromatic carbocycles. The normalized spacial score (nSPS) is 21.4. The summed E-state index contributed by atoms with van der Waals surface area (Å²) in [7, 11) is 0. The minimum absolute atomic E-state index is 0.113. The summed E-state index contributed by atoms with van der Waals surface area (Å²) in [5, 5.41) is 4.62. The van der Waals surface area contributed by atoms with Gasteiger partial charge in [-0.1, -0.05) is 50.7 Å². The van der Waals surface area contributed by atoms with E-state index < -0.39 is 0 Å². The molecule has 3 nitrogen and oxygen atoms in total. The lowest BCUT2D eigenvalue weighted by Crippen LogP contribution is -2.34. The van der Waals surface area contributed by atoms with Crippen LogP contribution in [0.3, 0.4) is 0 Å². The molecule has 3 rings (SSSR count). The molecule has 21 heavy (non-hydrogen) atoms. The Balaban J connectivity index is 1.80. The van der Waals surface area contributed by atoms with Gasteiger partial charge in [-0.05, 0) is 29.9 Å². The molecule has 0 saturated carbocycles. The van der Waals surface area contributed by atoms with Gasteiger partial charge >= 0.3 is 0 Å². The molecule has 0 radical (unpaired) electrons. The van der Waals surface area contributed by atoms with Crippen molar-refractivity contribution < 1.29 is 4.74 Å². The SMILES string of the molecule is CC(C)(C)c1ccccc1NC1=NC2(CCOCC2)CS1. The maximum absolute atomic E-state index is 5.47. The van der Waals surface area contributed by atoms with Crippen molar-refractivity contribution in [3.8, 4) is 0 Å². The molecule has 1 spiro atoms. The summed E-state index contributed by atoms with van der Waals surface area (Å²) in [6.45, 7) is 8.43. The second-order valence-electron chi connectivity index (χ2n) is 6.96. The first-order valence-corrected chi connectivity index (χ1v) is 8.64. The maximum atomic E-state index is 5.47. The van der Waals surface area contributed by atoms with Crippen LogP contribution >= 0.6 is 11.8 Å². The van der Waals surface area contributed by atoms with Gasteiger partial charge in [0.15, 0.2) is 5.17 Å². The monoisotopic (exact) mass is 304 g/mol. The highest BCUT2D eigenvalue weighted by Gasteiger charge is 2.37. The number of aliphatic imine (C=N–C) groups is 1. The van der Waals surface area contributed by atoms with Crippen LogP contribution in [0.5, 0.6) is 0 Å². The van der Waals surface area contributed by atoms with E-state index in [2.05, 4.69) is 50.4 Å². The highest BCUT2D eigenvalue weighted by atomic mass is 32.2. The molecule has 1 fully saturated rings. The topological polar surface area (TPSA) is 33.6 Å². The fraction of sp³-hybridized carbons (Fsp3) is 0.588. The lowest BCUT2D eigenvalue weighted by molar-refractivity contribution is 0.0624. The number of rotatable bonds is 1. The minimum atomic E-state index is 0.113. The summed E-state index contributed by atoms with van der Waals surface area (Å²) >= 11 is 1.85. The van der Waals surface area contributed by atoms with Crippen molar-refractivity contribution in [2.24, 2.45) is 4.99 Å². The fourth-order valence-corrected chi connectivity index (χ4v) is 4.11. The average Bonchev–Trinajstić information content (AvgIpc) is 2.81. The quantitative estimate of drug-likeness (QED) is 0.850. The molecule has 0 atom stereocenters. The van der Waals surface area contributed by atoms with E-state index in [-0.39, 0.29) is 11.0 Å². The van der Waals surface area contributed by atoms with E-state index in [9.17, 15) is 0 Å². The zero-order chi connectivity index (χ0) is 14.9. The van der Waals surface area contributed by atoms with Gasteiger partial charge in [0, 0.05) is 24.7 Å². The first-order valence-electron chi connectivity index (χ1n) is 7.66. The predicted molar refractivity (Wildman–Crippen MR) is 91.4 cm³/mol. The Kier molecular flexibility index (Phi) is 4.02. The van der Waals surface area contributed by atoms with Crippen molar-refractivity contribution >= 4 is 22.6 Å². The number of amidine groups is 1. The number of thioether (sulfide) groups is 1. The average molecular weight is 304 g/mol. The second kappa shape index (κ2) is 5.65. The molecule has 0 aromatic heterocycles. The molecule has 114 valence electrons. The largest absolute Gasteiger partial charge is 0.381 e. The Hall–Kier alpha value is -1.000. The van der Waals surface area contributed by atoms with E-state index in [1.54, 1.807) is 0 Å². The summed E-state index contributed by atoms with van der Waals surface area (Å²) in [6, 6.07) is 8.54. The van der Waals surface area contributed by atoms with Gasteiger partial charge in [-0.3, -0.25) is 4.99 Å². The molecule has 1 N–H and O–H groups in total. The van der Waals surface area contributed by atoms with E-state index in [0.717, 1.165) is 37.0 Å². The van der Waals surface area contributed by atoms with Crippen LogP contribution < -0.4 is 5.32 Å². The molecule has 1 aromatic rings. The van der Waals surface area contributed by atoms with Crippen molar-refractivity contribution in [3.05, 3.63) is 29.8 Å². The number of nitrogens with zero attached hydrogens (tertiary/aromatic N) is 1. The standard InChI is InChI=1S/C17H24N2OS/c1-16(2,3)13-6-4-5-7-14(13)18-15-19-17(12-21-15)8-10-20-11-9-17/h4-7H,8-12H2,1-3H3,(H,18,19). The molecule has 0 amide bonds. The summed E-state index contributed by atoms with van der Waals surface area (Å²) in [6.07, 6.45) is 2.10. The summed E-state index contributed by atoms with van der Waals surface area (Å²) in [5.74, 6) is 1.08. The van der Waals surface area contributed by atoms with Gasteiger partial charge in [0.1, 0.15) is 0 Å². The van der Waals surface area contributed by atoms with Crippen LogP contribution in [0.15, 0.2) is 29.3 Å². The van der Waals surface area contributed by atoms with Gasteiger partial charge in [-0.2, -0.15) is 0 Å². The Bertz CT molecular complexity index is 542. The first-order chi connectivity index (χ1) is 9.99. The summed E-state index contributed by atoms with van der Waals surface area (Å²) in [5.41, 5.74) is 2.76. The molecular weight excluding hydrogens is 280 g/mol. The number of hydrogen-bond acceptors (Lipinski definition) is 4. The molecule has 0 aliphatic carbocycles. The highest BCUT2D eigenvalue weighted by Crippen LogP contribution is 2.37. The number of anilines is 1. The third-order valence-electron chi connectivity index (χ3n) is 4.22. The molecule has 2 aliphatic rings. The van der Waals surface area contributed by atoms with Crippen LogP contribution in [0.25, 0.3) is 0 Å². The minimum Gasteiger partial charge on any atom is -0.381 e. The molecule has 2 aliphatic heterocycles. The number of ether oxygens (including phenoxy) is 1. The van der Waals surface area contributed by atoms with E-state index in [4.69, 9.17) is 9.73 Å². The summed E-state index contributed by atoms with van der Waals surface area (Å²) in [4.78, 5) is 4.99. The zero-order valence-electron chi connectivity index (χ0n) is 13.1. The van der Waals surface area contributed by atoms with Crippen molar-refractivity contribution in [3.63, 3.8) is 0 Å².